The maximum atomic E-state index is 10.7. The first-order chi connectivity index (χ1) is 9.65. The molecule has 0 radical (unpaired) electrons. The average molecular weight is 274 g/mol. The standard InChI is InChI=1S/C16H22N2O2/c1-11-13-3-2-4-15(17-9-16(19)20)14(13)7-8-18(11)10-12-5-6-12/h2-4,11-12,17H,5-10H2,1H3,(H,19,20). The van der Waals surface area contributed by atoms with Crippen LogP contribution in [0.3, 0.4) is 0 Å². The molecule has 3 rings (SSSR count). The Morgan fingerprint density at radius 1 is 1.45 bits per heavy atom. The first-order valence-electron chi connectivity index (χ1n) is 7.46. The van der Waals surface area contributed by atoms with Crippen molar-refractivity contribution in [3.05, 3.63) is 29.3 Å². The van der Waals surface area contributed by atoms with Gasteiger partial charge >= 0.3 is 5.97 Å². The molecule has 0 aromatic heterocycles. The van der Waals surface area contributed by atoms with E-state index >= 15 is 0 Å². The van der Waals surface area contributed by atoms with Gasteiger partial charge < -0.3 is 10.4 Å². The van der Waals surface area contributed by atoms with Crippen LogP contribution in [-0.2, 0) is 11.2 Å². The number of carbonyl (C=O) groups is 1. The Bertz CT molecular complexity index is 511. The number of nitrogens with zero attached hydrogens (tertiary/aromatic N) is 1. The summed E-state index contributed by atoms with van der Waals surface area (Å²) in [7, 11) is 0. The molecule has 1 aromatic rings. The molecule has 1 unspecified atom stereocenters. The Morgan fingerprint density at radius 3 is 2.95 bits per heavy atom. The number of carboxylic acid groups (broad SMARTS) is 1. The van der Waals surface area contributed by atoms with Gasteiger partial charge in [-0.2, -0.15) is 0 Å². The van der Waals surface area contributed by atoms with Crippen LogP contribution in [0.5, 0.6) is 0 Å². The number of fused-ring (bicyclic) bond motifs is 1. The minimum absolute atomic E-state index is 0.0172. The lowest BCUT2D eigenvalue weighted by atomic mass is 9.92. The van der Waals surface area contributed by atoms with Crippen molar-refractivity contribution in [2.24, 2.45) is 5.92 Å². The Kier molecular flexibility index (Phi) is 3.66. The van der Waals surface area contributed by atoms with Gasteiger partial charge in [-0.3, -0.25) is 9.69 Å². The maximum absolute atomic E-state index is 10.7. The van der Waals surface area contributed by atoms with E-state index in [1.807, 2.05) is 12.1 Å². The van der Waals surface area contributed by atoms with E-state index in [0.717, 1.165) is 24.6 Å². The van der Waals surface area contributed by atoms with Crippen LogP contribution < -0.4 is 5.32 Å². The second-order valence-electron chi connectivity index (χ2n) is 5.98. The molecule has 0 amide bonds. The molecule has 108 valence electrons. The van der Waals surface area contributed by atoms with E-state index in [-0.39, 0.29) is 6.54 Å². The van der Waals surface area contributed by atoms with E-state index in [2.05, 4.69) is 23.2 Å². The lowest BCUT2D eigenvalue weighted by Crippen LogP contribution is -2.35. The molecule has 0 saturated heterocycles. The van der Waals surface area contributed by atoms with Crippen molar-refractivity contribution >= 4 is 11.7 Å². The SMILES string of the molecule is CC1c2cccc(NCC(=O)O)c2CCN1CC1CC1. The van der Waals surface area contributed by atoms with Crippen LogP contribution in [0.15, 0.2) is 18.2 Å². The molecule has 1 aromatic carbocycles. The van der Waals surface area contributed by atoms with Crippen LogP contribution in [0, 0.1) is 5.92 Å². The highest BCUT2D eigenvalue weighted by atomic mass is 16.4. The van der Waals surface area contributed by atoms with E-state index in [1.165, 1.54) is 30.5 Å². The summed E-state index contributed by atoms with van der Waals surface area (Å²) in [6.07, 6.45) is 3.78. The third kappa shape index (κ3) is 2.80. The molecular formula is C16H22N2O2. The van der Waals surface area contributed by atoms with Crippen molar-refractivity contribution in [3.63, 3.8) is 0 Å². The minimum atomic E-state index is -0.818. The Labute approximate surface area is 119 Å². The summed E-state index contributed by atoms with van der Waals surface area (Å²) in [6, 6.07) is 6.64. The highest BCUT2D eigenvalue weighted by Crippen LogP contribution is 2.37. The molecule has 1 saturated carbocycles. The lowest BCUT2D eigenvalue weighted by molar-refractivity contribution is -0.134. The molecule has 20 heavy (non-hydrogen) atoms. The van der Waals surface area contributed by atoms with Gasteiger partial charge in [0, 0.05) is 24.8 Å². The number of benzene rings is 1. The van der Waals surface area contributed by atoms with Crippen molar-refractivity contribution in [3.8, 4) is 0 Å². The average Bonchev–Trinajstić information content (AvgIpc) is 3.23. The van der Waals surface area contributed by atoms with Crippen LogP contribution in [-0.4, -0.2) is 35.6 Å². The highest BCUT2D eigenvalue weighted by molar-refractivity contribution is 5.73. The predicted octanol–water partition coefficient (Wildman–Crippen LogP) is 2.51. The highest BCUT2D eigenvalue weighted by Gasteiger charge is 2.30. The van der Waals surface area contributed by atoms with Gasteiger partial charge in [-0.25, -0.2) is 0 Å². The normalized spacial score (nSPS) is 22.4. The summed E-state index contributed by atoms with van der Waals surface area (Å²) in [4.78, 5) is 13.3. The molecule has 1 aliphatic carbocycles. The monoisotopic (exact) mass is 274 g/mol. The molecule has 1 fully saturated rings. The summed E-state index contributed by atoms with van der Waals surface area (Å²) in [6.45, 7) is 4.54. The number of anilines is 1. The topological polar surface area (TPSA) is 52.6 Å². The van der Waals surface area contributed by atoms with Crippen molar-refractivity contribution in [2.45, 2.75) is 32.2 Å². The number of rotatable bonds is 5. The zero-order chi connectivity index (χ0) is 14.1. The van der Waals surface area contributed by atoms with Crippen LogP contribution >= 0.6 is 0 Å². The van der Waals surface area contributed by atoms with Crippen LogP contribution in [0.1, 0.15) is 36.9 Å². The third-order valence-corrected chi connectivity index (χ3v) is 4.48. The van der Waals surface area contributed by atoms with Crippen molar-refractivity contribution in [1.82, 2.24) is 4.90 Å². The van der Waals surface area contributed by atoms with Crippen molar-refractivity contribution < 1.29 is 9.90 Å². The Hall–Kier alpha value is -1.55. The van der Waals surface area contributed by atoms with Gasteiger partial charge in [-0.15, -0.1) is 0 Å². The second kappa shape index (κ2) is 5.44. The Morgan fingerprint density at radius 2 is 2.25 bits per heavy atom. The number of hydrogen-bond acceptors (Lipinski definition) is 3. The van der Waals surface area contributed by atoms with Crippen LogP contribution in [0.4, 0.5) is 5.69 Å². The van der Waals surface area contributed by atoms with Gasteiger partial charge in [-0.1, -0.05) is 12.1 Å². The molecule has 2 N–H and O–H groups in total. The summed E-state index contributed by atoms with van der Waals surface area (Å²) in [5.74, 6) is 0.0918. The van der Waals surface area contributed by atoms with Gasteiger partial charge in [0.25, 0.3) is 0 Å². The number of aliphatic carboxylic acids is 1. The fourth-order valence-electron chi connectivity index (χ4n) is 3.14. The summed E-state index contributed by atoms with van der Waals surface area (Å²) >= 11 is 0. The zero-order valence-electron chi connectivity index (χ0n) is 11.9. The largest absolute Gasteiger partial charge is 0.480 e. The van der Waals surface area contributed by atoms with Gasteiger partial charge in [0.2, 0.25) is 0 Å². The van der Waals surface area contributed by atoms with Gasteiger partial charge in [0.15, 0.2) is 0 Å². The number of nitrogens with one attached hydrogen (secondary N) is 1. The maximum Gasteiger partial charge on any atom is 0.322 e. The van der Waals surface area contributed by atoms with Crippen molar-refractivity contribution in [2.75, 3.05) is 25.0 Å². The van der Waals surface area contributed by atoms with Gasteiger partial charge in [0.05, 0.1) is 0 Å². The first kappa shape index (κ1) is 13.4. The quantitative estimate of drug-likeness (QED) is 0.866. The van der Waals surface area contributed by atoms with Crippen molar-refractivity contribution in [1.29, 1.82) is 0 Å². The molecule has 4 heteroatoms. The smallest absolute Gasteiger partial charge is 0.322 e. The lowest BCUT2D eigenvalue weighted by Gasteiger charge is -2.36. The molecular weight excluding hydrogens is 252 g/mol. The molecule has 4 nitrogen and oxygen atoms in total. The zero-order valence-corrected chi connectivity index (χ0v) is 11.9. The molecule has 2 aliphatic rings. The number of hydrogen-bond donors (Lipinski definition) is 2. The molecule has 1 heterocycles. The summed E-state index contributed by atoms with van der Waals surface area (Å²) in [5.41, 5.74) is 3.64. The molecule has 0 bridgehead atoms. The van der Waals surface area contributed by atoms with E-state index in [9.17, 15) is 4.79 Å². The van der Waals surface area contributed by atoms with Crippen LogP contribution in [0.2, 0.25) is 0 Å². The van der Waals surface area contributed by atoms with Gasteiger partial charge in [-0.05, 0) is 49.3 Å². The molecule has 1 aliphatic heterocycles. The van der Waals surface area contributed by atoms with E-state index in [4.69, 9.17) is 5.11 Å². The van der Waals surface area contributed by atoms with E-state index in [0.29, 0.717) is 6.04 Å². The predicted molar refractivity (Wildman–Crippen MR) is 79.0 cm³/mol. The second-order valence-corrected chi connectivity index (χ2v) is 5.98. The third-order valence-electron chi connectivity index (χ3n) is 4.48. The molecule has 1 atom stereocenters. The summed E-state index contributed by atoms with van der Waals surface area (Å²) < 4.78 is 0. The Balaban J connectivity index is 1.78. The fourth-order valence-corrected chi connectivity index (χ4v) is 3.14. The molecule has 0 spiro atoms. The van der Waals surface area contributed by atoms with Crippen LogP contribution in [0.25, 0.3) is 0 Å². The van der Waals surface area contributed by atoms with E-state index in [1.54, 1.807) is 0 Å². The first-order valence-corrected chi connectivity index (χ1v) is 7.46. The summed E-state index contributed by atoms with van der Waals surface area (Å²) in [5, 5.41) is 11.9. The van der Waals surface area contributed by atoms with Gasteiger partial charge in [0.1, 0.15) is 6.54 Å². The number of carboxylic acids is 1. The fraction of sp³-hybridized carbons (Fsp3) is 0.562. The van der Waals surface area contributed by atoms with E-state index < -0.39 is 5.97 Å². The minimum Gasteiger partial charge on any atom is -0.480 e.